The van der Waals surface area contributed by atoms with Gasteiger partial charge in [-0.05, 0) is 12.0 Å². The van der Waals surface area contributed by atoms with E-state index in [1.807, 2.05) is 18.2 Å². The van der Waals surface area contributed by atoms with Gasteiger partial charge in [0.1, 0.15) is 6.04 Å². The Morgan fingerprint density at radius 1 is 1.17 bits per heavy atom. The number of amides is 3. The van der Waals surface area contributed by atoms with E-state index in [1.165, 1.54) is 0 Å². The molecule has 1 atom stereocenters. The smallest absolute Gasteiger partial charge is 0.342 e. The van der Waals surface area contributed by atoms with E-state index in [4.69, 9.17) is 4.84 Å². The Balaban J connectivity index is 1.91. The van der Waals surface area contributed by atoms with Crippen molar-refractivity contribution in [3.05, 3.63) is 35.9 Å². The van der Waals surface area contributed by atoms with Crippen molar-refractivity contribution >= 4 is 23.7 Å². The first-order valence-corrected chi connectivity index (χ1v) is 7.42. The van der Waals surface area contributed by atoms with E-state index in [1.54, 1.807) is 19.1 Å². The molecule has 0 bridgehead atoms. The highest BCUT2D eigenvalue weighted by Gasteiger charge is 2.34. The molecule has 1 aliphatic heterocycles. The first-order chi connectivity index (χ1) is 11.0. The molecule has 1 aliphatic rings. The Labute approximate surface area is 133 Å². The summed E-state index contributed by atoms with van der Waals surface area (Å²) in [5.74, 6) is -2.25. The molecule has 0 radical (unpaired) electrons. The van der Waals surface area contributed by atoms with E-state index in [-0.39, 0.29) is 31.6 Å². The van der Waals surface area contributed by atoms with Gasteiger partial charge in [-0.2, -0.15) is 0 Å². The predicted octanol–water partition coefficient (Wildman–Crippen LogP) is 0.731. The topological polar surface area (TPSA) is 92.8 Å². The van der Waals surface area contributed by atoms with Gasteiger partial charge in [0.2, 0.25) is 5.91 Å². The Hall–Kier alpha value is -2.70. The number of benzene rings is 1. The molecule has 1 aromatic rings. The zero-order chi connectivity index (χ0) is 16.8. The standard InChI is InChI=1S/C16H18N2O5/c1-2-12(16(22)23-18-14(20)8-9-15(18)21)17-13(19)10-11-6-4-3-5-7-11/h3-7,12H,2,8-10H2,1H3,(H,17,19). The minimum atomic E-state index is -0.910. The maximum Gasteiger partial charge on any atom is 0.355 e. The molecule has 0 saturated carbocycles. The number of nitrogens with one attached hydrogen (secondary N) is 1. The van der Waals surface area contributed by atoms with Gasteiger partial charge < -0.3 is 10.2 Å². The minimum Gasteiger partial charge on any atom is -0.342 e. The van der Waals surface area contributed by atoms with Crippen molar-refractivity contribution in [2.24, 2.45) is 0 Å². The Morgan fingerprint density at radius 2 is 1.78 bits per heavy atom. The van der Waals surface area contributed by atoms with Crippen LogP contribution in [0.25, 0.3) is 0 Å². The summed E-state index contributed by atoms with van der Waals surface area (Å²) in [6.07, 6.45) is 0.480. The van der Waals surface area contributed by atoms with Crippen LogP contribution in [0.3, 0.4) is 0 Å². The van der Waals surface area contributed by atoms with E-state index in [0.717, 1.165) is 5.56 Å². The highest BCUT2D eigenvalue weighted by molar-refractivity contribution is 6.02. The molecule has 2 rings (SSSR count). The van der Waals surface area contributed by atoms with Crippen LogP contribution in [0.4, 0.5) is 0 Å². The quantitative estimate of drug-likeness (QED) is 0.781. The van der Waals surface area contributed by atoms with E-state index < -0.39 is 23.8 Å². The number of hydrogen-bond donors (Lipinski definition) is 1. The van der Waals surface area contributed by atoms with Crippen LogP contribution in [-0.2, 0) is 30.4 Å². The van der Waals surface area contributed by atoms with Crippen molar-refractivity contribution in [1.82, 2.24) is 10.4 Å². The molecule has 0 spiro atoms. The molecule has 23 heavy (non-hydrogen) atoms. The predicted molar refractivity (Wildman–Crippen MR) is 79.5 cm³/mol. The lowest BCUT2D eigenvalue weighted by atomic mass is 10.1. The van der Waals surface area contributed by atoms with Gasteiger partial charge >= 0.3 is 5.97 Å². The minimum absolute atomic E-state index is 0.0310. The Bertz CT molecular complexity index is 598. The molecule has 1 unspecified atom stereocenters. The summed E-state index contributed by atoms with van der Waals surface area (Å²) in [5.41, 5.74) is 0.818. The maximum atomic E-state index is 12.0. The van der Waals surface area contributed by atoms with Crippen LogP contribution in [0.1, 0.15) is 31.7 Å². The molecule has 1 fully saturated rings. The van der Waals surface area contributed by atoms with Crippen molar-refractivity contribution in [1.29, 1.82) is 0 Å². The number of carbonyl (C=O) groups excluding carboxylic acids is 4. The monoisotopic (exact) mass is 318 g/mol. The number of carbonyl (C=O) groups is 4. The van der Waals surface area contributed by atoms with E-state index >= 15 is 0 Å². The highest BCUT2D eigenvalue weighted by atomic mass is 16.7. The molecular formula is C16H18N2O5. The first-order valence-electron chi connectivity index (χ1n) is 7.42. The summed E-state index contributed by atoms with van der Waals surface area (Å²) in [4.78, 5) is 51.7. The SMILES string of the molecule is CCC(NC(=O)Cc1ccccc1)C(=O)ON1C(=O)CCC1=O. The fraction of sp³-hybridized carbons (Fsp3) is 0.375. The largest absolute Gasteiger partial charge is 0.355 e. The molecule has 7 heteroatoms. The average molecular weight is 318 g/mol. The third-order valence-electron chi connectivity index (χ3n) is 3.42. The van der Waals surface area contributed by atoms with Gasteiger partial charge in [-0.3, -0.25) is 14.4 Å². The summed E-state index contributed by atoms with van der Waals surface area (Å²) in [6, 6.07) is 8.18. The molecule has 0 aromatic heterocycles. The maximum absolute atomic E-state index is 12.0. The fourth-order valence-electron chi connectivity index (χ4n) is 2.17. The third kappa shape index (κ3) is 4.38. The summed E-state index contributed by atoms with van der Waals surface area (Å²) in [6.45, 7) is 1.70. The van der Waals surface area contributed by atoms with Crippen LogP contribution in [0, 0.1) is 0 Å². The first kappa shape index (κ1) is 16.7. The van der Waals surface area contributed by atoms with Gasteiger partial charge in [0.05, 0.1) is 6.42 Å². The molecule has 122 valence electrons. The van der Waals surface area contributed by atoms with Gasteiger partial charge in [0.15, 0.2) is 0 Å². The highest BCUT2D eigenvalue weighted by Crippen LogP contribution is 2.13. The van der Waals surface area contributed by atoms with E-state index in [9.17, 15) is 19.2 Å². The van der Waals surface area contributed by atoms with Gasteiger partial charge in [0.25, 0.3) is 11.8 Å². The molecule has 1 aromatic carbocycles. The second-order valence-corrected chi connectivity index (χ2v) is 5.18. The number of nitrogens with zero attached hydrogens (tertiary/aromatic N) is 1. The lowest BCUT2D eigenvalue weighted by molar-refractivity contribution is -0.199. The van der Waals surface area contributed by atoms with E-state index in [2.05, 4.69) is 5.32 Å². The van der Waals surface area contributed by atoms with Crippen molar-refractivity contribution in [2.75, 3.05) is 0 Å². The zero-order valence-corrected chi connectivity index (χ0v) is 12.8. The Morgan fingerprint density at radius 3 is 2.35 bits per heavy atom. The summed E-state index contributed by atoms with van der Waals surface area (Å²) in [5, 5.41) is 3.04. The normalized spacial score (nSPS) is 15.4. The Kier molecular flexibility index (Phi) is 5.46. The molecule has 1 heterocycles. The molecule has 1 saturated heterocycles. The third-order valence-corrected chi connectivity index (χ3v) is 3.42. The van der Waals surface area contributed by atoms with Crippen molar-refractivity contribution in [3.63, 3.8) is 0 Å². The number of imide groups is 1. The van der Waals surface area contributed by atoms with Crippen LogP contribution in [0.2, 0.25) is 0 Å². The second-order valence-electron chi connectivity index (χ2n) is 5.18. The van der Waals surface area contributed by atoms with Gasteiger partial charge in [-0.1, -0.05) is 37.3 Å². The molecule has 0 aliphatic carbocycles. The van der Waals surface area contributed by atoms with Gasteiger partial charge in [0, 0.05) is 12.8 Å². The van der Waals surface area contributed by atoms with Crippen molar-refractivity contribution in [2.45, 2.75) is 38.6 Å². The summed E-state index contributed by atoms with van der Waals surface area (Å²) in [7, 11) is 0. The van der Waals surface area contributed by atoms with Crippen LogP contribution >= 0.6 is 0 Å². The average Bonchev–Trinajstić information content (AvgIpc) is 2.85. The molecule has 1 N–H and O–H groups in total. The van der Waals surface area contributed by atoms with E-state index in [0.29, 0.717) is 5.06 Å². The molecule has 3 amide bonds. The number of hydroxylamine groups is 2. The second kappa shape index (κ2) is 7.53. The lowest BCUT2D eigenvalue weighted by Gasteiger charge is -2.19. The molecule has 7 nitrogen and oxygen atoms in total. The summed E-state index contributed by atoms with van der Waals surface area (Å²) >= 11 is 0. The van der Waals surface area contributed by atoms with Crippen LogP contribution in [-0.4, -0.2) is 34.8 Å². The number of rotatable bonds is 6. The lowest BCUT2D eigenvalue weighted by Crippen LogP contribution is -2.45. The molecular weight excluding hydrogens is 300 g/mol. The van der Waals surface area contributed by atoms with Crippen molar-refractivity contribution < 1.29 is 24.0 Å². The summed E-state index contributed by atoms with van der Waals surface area (Å²) < 4.78 is 0. The van der Waals surface area contributed by atoms with Crippen LogP contribution < -0.4 is 5.32 Å². The number of hydrogen-bond acceptors (Lipinski definition) is 5. The fourth-order valence-corrected chi connectivity index (χ4v) is 2.17. The van der Waals surface area contributed by atoms with Crippen LogP contribution in [0.5, 0.6) is 0 Å². The van der Waals surface area contributed by atoms with Crippen molar-refractivity contribution in [3.8, 4) is 0 Å². The van der Waals surface area contributed by atoms with Crippen LogP contribution in [0.15, 0.2) is 30.3 Å². The van der Waals surface area contributed by atoms with Gasteiger partial charge in [-0.25, -0.2) is 4.79 Å². The zero-order valence-electron chi connectivity index (χ0n) is 12.8. The van der Waals surface area contributed by atoms with Gasteiger partial charge in [-0.15, -0.1) is 5.06 Å².